The molecule has 1 aliphatic heterocycles. The first-order valence-electron chi connectivity index (χ1n) is 11.9. The van der Waals surface area contributed by atoms with Gasteiger partial charge in [-0.3, -0.25) is 14.5 Å². The second-order valence-corrected chi connectivity index (χ2v) is 8.83. The number of rotatable bonds is 8. The van der Waals surface area contributed by atoms with Gasteiger partial charge in [-0.2, -0.15) is 0 Å². The van der Waals surface area contributed by atoms with Crippen LogP contribution in [0.5, 0.6) is 11.5 Å². The summed E-state index contributed by atoms with van der Waals surface area (Å²) in [4.78, 5) is 28.6. The lowest BCUT2D eigenvalue weighted by Crippen LogP contribution is -2.31. The van der Waals surface area contributed by atoms with E-state index in [-0.39, 0.29) is 11.3 Å². The summed E-state index contributed by atoms with van der Waals surface area (Å²) in [6.45, 7) is 4.69. The highest BCUT2D eigenvalue weighted by molar-refractivity contribution is 6.31. The molecule has 1 aliphatic rings. The number of amides is 1. The number of ketones is 1. The number of hydrogen-bond acceptors (Lipinski definition) is 6. The van der Waals surface area contributed by atoms with Crippen molar-refractivity contribution in [2.45, 2.75) is 19.9 Å². The molecule has 3 aromatic carbocycles. The number of nitrogens with zero attached hydrogens (tertiary/aromatic N) is 1. The van der Waals surface area contributed by atoms with Gasteiger partial charge in [0.15, 0.2) is 11.5 Å². The Kier molecular flexibility index (Phi) is 6.63. The quantitative estimate of drug-likeness (QED) is 0.263. The minimum atomic E-state index is -0.913. The maximum absolute atomic E-state index is 13.8. The molecule has 1 aromatic heterocycles. The first-order valence-corrected chi connectivity index (χ1v) is 12.2. The van der Waals surface area contributed by atoms with Gasteiger partial charge in [0.1, 0.15) is 17.1 Å². The van der Waals surface area contributed by atoms with Crippen molar-refractivity contribution in [1.82, 2.24) is 0 Å². The van der Waals surface area contributed by atoms with Crippen LogP contribution in [-0.4, -0.2) is 30.0 Å². The minimum absolute atomic E-state index is 0.00697. The smallest absolute Gasteiger partial charge is 0.294 e. The molecule has 7 nitrogen and oxygen atoms in total. The molecule has 0 fully saturated rings. The Bertz CT molecular complexity index is 1520. The minimum Gasteiger partial charge on any atom is -0.503 e. The van der Waals surface area contributed by atoms with Crippen molar-refractivity contribution in [3.05, 3.63) is 100 Å². The molecule has 5 rings (SSSR count). The highest BCUT2D eigenvalue weighted by Gasteiger charge is 2.45. The number of aliphatic hydroxyl groups excluding tert-OH is 1. The summed E-state index contributed by atoms with van der Waals surface area (Å²) in [5.74, 6) is -0.727. The highest BCUT2D eigenvalue weighted by atomic mass is 35.5. The van der Waals surface area contributed by atoms with Crippen LogP contribution in [0.2, 0.25) is 5.02 Å². The number of ether oxygens (including phenoxy) is 2. The number of benzene rings is 3. The average Bonchev–Trinajstić information content (AvgIpc) is 3.43. The molecule has 0 saturated carbocycles. The van der Waals surface area contributed by atoms with E-state index in [1.54, 1.807) is 72.8 Å². The van der Waals surface area contributed by atoms with E-state index >= 15 is 0 Å². The second-order valence-electron chi connectivity index (χ2n) is 8.39. The van der Waals surface area contributed by atoms with Gasteiger partial charge < -0.3 is 19.0 Å². The van der Waals surface area contributed by atoms with E-state index < -0.39 is 23.5 Å². The van der Waals surface area contributed by atoms with Gasteiger partial charge in [0.05, 0.1) is 24.8 Å². The zero-order valence-corrected chi connectivity index (χ0v) is 21.0. The number of hydrogen-bond donors (Lipinski definition) is 1. The molecule has 1 atom stereocenters. The van der Waals surface area contributed by atoms with E-state index in [4.69, 9.17) is 25.5 Å². The van der Waals surface area contributed by atoms with Crippen molar-refractivity contribution >= 4 is 39.9 Å². The summed E-state index contributed by atoms with van der Waals surface area (Å²) in [7, 11) is 0. The number of furan rings is 1. The van der Waals surface area contributed by atoms with Gasteiger partial charge in [-0.25, -0.2) is 0 Å². The van der Waals surface area contributed by atoms with Gasteiger partial charge in [0, 0.05) is 22.2 Å². The number of carbonyl (C=O) groups is 2. The Balaban J connectivity index is 1.63. The summed E-state index contributed by atoms with van der Waals surface area (Å²) in [6, 6.07) is 19.7. The molecule has 2 heterocycles. The van der Waals surface area contributed by atoms with Crippen molar-refractivity contribution in [1.29, 1.82) is 0 Å². The van der Waals surface area contributed by atoms with Crippen molar-refractivity contribution in [2.24, 2.45) is 0 Å². The van der Waals surface area contributed by atoms with Gasteiger partial charge in [-0.05, 0) is 67.9 Å². The topological polar surface area (TPSA) is 89.2 Å². The molecule has 0 radical (unpaired) electrons. The fourth-order valence-electron chi connectivity index (χ4n) is 4.48. The number of halogens is 1. The molecule has 4 aromatic rings. The molecule has 0 saturated heterocycles. The first-order chi connectivity index (χ1) is 17.9. The van der Waals surface area contributed by atoms with Gasteiger partial charge in [0.25, 0.3) is 5.91 Å². The van der Waals surface area contributed by atoms with Crippen molar-refractivity contribution in [2.75, 3.05) is 18.1 Å². The Morgan fingerprint density at radius 2 is 1.70 bits per heavy atom. The number of Topliss-reactive ketones (excluding diaryl/α,β-unsaturated/α-hetero) is 1. The molecular weight excluding hydrogens is 494 g/mol. The Morgan fingerprint density at radius 1 is 0.973 bits per heavy atom. The van der Waals surface area contributed by atoms with Crippen LogP contribution in [0.15, 0.2) is 88.5 Å². The van der Waals surface area contributed by atoms with Gasteiger partial charge in [-0.1, -0.05) is 29.8 Å². The van der Waals surface area contributed by atoms with Crippen LogP contribution >= 0.6 is 11.6 Å². The molecule has 0 bridgehead atoms. The van der Waals surface area contributed by atoms with Gasteiger partial charge >= 0.3 is 0 Å². The van der Waals surface area contributed by atoms with Crippen LogP contribution < -0.4 is 14.4 Å². The number of anilines is 1. The standard InChI is InChI=1S/C29H24ClNO6/c1-3-35-21-11-8-17(9-12-21)26-25(27(32)24-15-18-14-19(30)10-13-23(18)37-24)28(33)29(34)31(26)20-6-5-7-22(16-20)36-4-2/h5-16,26,33H,3-4H2,1-2H3. The van der Waals surface area contributed by atoms with Crippen LogP contribution in [0.25, 0.3) is 11.0 Å². The van der Waals surface area contributed by atoms with Crippen molar-refractivity contribution < 1.29 is 28.6 Å². The van der Waals surface area contributed by atoms with Crippen LogP contribution in [0.4, 0.5) is 5.69 Å². The van der Waals surface area contributed by atoms with E-state index in [2.05, 4.69) is 0 Å². The fourth-order valence-corrected chi connectivity index (χ4v) is 4.66. The first kappa shape index (κ1) is 24.5. The average molecular weight is 518 g/mol. The molecule has 1 amide bonds. The molecule has 1 unspecified atom stereocenters. The van der Waals surface area contributed by atoms with E-state index in [0.29, 0.717) is 52.0 Å². The molecule has 37 heavy (non-hydrogen) atoms. The van der Waals surface area contributed by atoms with Gasteiger partial charge in [-0.15, -0.1) is 0 Å². The third-order valence-electron chi connectivity index (χ3n) is 6.07. The largest absolute Gasteiger partial charge is 0.503 e. The second kappa shape index (κ2) is 10.0. The lowest BCUT2D eigenvalue weighted by atomic mass is 9.94. The predicted molar refractivity (Wildman–Crippen MR) is 141 cm³/mol. The zero-order chi connectivity index (χ0) is 26.1. The van der Waals surface area contributed by atoms with E-state index in [9.17, 15) is 14.7 Å². The van der Waals surface area contributed by atoms with Crippen LogP contribution in [-0.2, 0) is 4.79 Å². The number of fused-ring (bicyclic) bond motifs is 1. The highest BCUT2D eigenvalue weighted by Crippen LogP contribution is 2.43. The predicted octanol–water partition coefficient (Wildman–Crippen LogP) is 6.67. The van der Waals surface area contributed by atoms with Crippen LogP contribution in [0.3, 0.4) is 0 Å². The summed E-state index contributed by atoms with van der Waals surface area (Å²) in [5, 5.41) is 12.2. The zero-order valence-electron chi connectivity index (χ0n) is 20.2. The Labute approximate surface area is 218 Å². The SMILES string of the molecule is CCOc1ccc(C2C(C(=O)c3cc4cc(Cl)ccc4o3)=C(O)C(=O)N2c2cccc(OCC)c2)cc1. The van der Waals surface area contributed by atoms with E-state index in [1.807, 2.05) is 13.8 Å². The summed E-state index contributed by atoms with van der Waals surface area (Å²) < 4.78 is 17.0. The molecule has 1 N–H and O–H groups in total. The van der Waals surface area contributed by atoms with Crippen molar-refractivity contribution in [3.8, 4) is 11.5 Å². The fraction of sp³-hybridized carbons (Fsp3) is 0.172. The lowest BCUT2D eigenvalue weighted by Gasteiger charge is -2.27. The third kappa shape index (κ3) is 4.54. The van der Waals surface area contributed by atoms with E-state index in [0.717, 1.165) is 0 Å². The Hall–Kier alpha value is -4.23. The van der Waals surface area contributed by atoms with Crippen LogP contribution in [0.1, 0.15) is 36.0 Å². The number of aliphatic hydroxyl groups is 1. The van der Waals surface area contributed by atoms with Crippen LogP contribution in [0, 0.1) is 0 Å². The maximum Gasteiger partial charge on any atom is 0.294 e. The summed E-state index contributed by atoms with van der Waals surface area (Å²) in [6.07, 6.45) is 0. The van der Waals surface area contributed by atoms with E-state index in [1.165, 1.54) is 4.90 Å². The monoisotopic (exact) mass is 517 g/mol. The molecule has 0 aliphatic carbocycles. The van der Waals surface area contributed by atoms with Crippen molar-refractivity contribution in [3.63, 3.8) is 0 Å². The number of carbonyl (C=O) groups excluding carboxylic acids is 2. The lowest BCUT2D eigenvalue weighted by molar-refractivity contribution is -0.117. The van der Waals surface area contributed by atoms with Gasteiger partial charge in [0.2, 0.25) is 5.78 Å². The summed E-state index contributed by atoms with van der Waals surface area (Å²) in [5.41, 5.74) is 1.47. The summed E-state index contributed by atoms with van der Waals surface area (Å²) >= 11 is 6.09. The normalized spacial score (nSPS) is 15.5. The Morgan fingerprint density at radius 3 is 2.43 bits per heavy atom. The molecular formula is C29H24ClNO6. The molecule has 8 heteroatoms. The molecule has 0 spiro atoms. The molecule has 188 valence electrons. The maximum atomic E-state index is 13.8. The third-order valence-corrected chi connectivity index (χ3v) is 6.30.